The summed E-state index contributed by atoms with van der Waals surface area (Å²) in [6, 6.07) is 6.05. The highest BCUT2D eigenvalue weighted by atomic mass is 35.5. The van der Waals surface area contributed by atoms with Crippen molar-refractivity contribution in [2.45, 2.75) is 52.2 Å². The summed E-state index contributed by atoms with van der Waals surface area (Å²) in [5.74, 6) is 0. The second-order valence-corrected chi connectivity index (χ2v) is 5.41. The van der Waals surface area contributed by atoms with Gasteiger partial charge in [-0.1, -0.05) is 30.7 Å². The molecule has 2 N–H and O–H groups in total. The van der Waals surface area contributed by atoms with E-state index in [1.54, 1.807) is 0 Å². The lowest BCUT2D eigenvalue weighted by molar-refractivity contribution is -0.0461. The zero-order chi connectivity index (χ0) is 13.8. The number of halogens is 1. The first-order valence-electron chi connectivity index (χ1n) is 6.57. The highest BCUT2D eigenvalue weighted by Gasteiger charge is 2.30. The Morgan fingerprint density at radius 2 is 2.06 bits per heavy atom. The minimum atomic E-state index is -0.289. The molecule has 1 rings (SSSR count). The van der Waals surface area contributed by atoms with Crippen LogP contribution in [0.4, 0.5) is 0 Å². The van der Waals surface area contributed by atoms with Crippen molar-refractivity contribution in [2.24, 2.45) is 5.73 Å². The second kappa shape index (κ2) is 6.55. The van der Waals surface area contributed by atoms with Gasteiger partial charge in [0.2, 0.25) is 0 Å². The summed E-state index contributed by atoms with van der Waals surface area (Å²) in [4.78, 5) is 0. The van der Waals surface area contributed by atoms with Crippen LogP contribution in [0.25, 0.3) is 0 Å². The molecule has 0 heterocycles. The molecule has 0 spiro atoms. The number of benzene rings is 1. The molecule has 0 aliphatic carbocycles. The monoisotopic (exact) mass is 269 g/mol. The van der Waals surface area contributed by atoms with E-state index < -0.39 is 0 Å². The first-order chi connectivity index (χ1) is 8.42. The van der Waals surface area contributed by atoms with Crippen molar-refractivity contribution >= 4 is 11.6 Å². The van der Waals surface area contributed by atoms with E-state index in [0.29, 0.717) is 6.61 Å². The number of hydrogen-bond donors (Lipinski definition) is 1. The Morgan fingerprint density at radius 3 is 2.56 bits per heavy atom. The van der Waals surface area contributed by atoms with E-state index in [2.05, 4.69) is 26.0 Å². The van der Waals surface area contributed by atoms with Crippen molar-refractivity contribution in [1.29, 1.82) is 0 Å². The van der Waals surface area contributed by atoms with E-state index >= 15 is 0 Å². The summed E-state index contributed by atoms with van der Waals surface area (Å²) < 4.78 is 5.81. The predicted octanol–water partition coefficient (Wildman–Crippen LogP) is 3.72. The molecule has 1 aromatic rings. The van der Waals surface area contributed by atoms with Crippen LogP contribution in [0.5, 0.6) is 0 Å². The molecular weight excluding hydrogens is 246 g/mol. The summed E-state index contributed by atoms with van der Waals surface area (Å²) in [5.41, 5.74) is 8.27. The Bertz CT molecular complexity index is 394. The lowest BCUT2D eigenvalue weighted by atomic mass is 9.89. The van der Waals surface area contributed by atoms with Crippen molar-refractivity contribution < 1.29 is 4.74 Å². The minimum Gasteiger partial charge on any atom is -0.374 e. The van der Waals surface area contributed by atoms with E-state index in [1.165, 1.54) is 5.56 Å². The van der Waals surface area contributed by atoms with Gasteiger partial charge < -0.3 is 10.5 Å². The number of ether oxygens (including phenoxy) is 1. The molecule has 0 radical (unpaired) electrons. The third kappa shape index (κ3) is 3.71. The highest BCUT2D eigenvalue weighted by molar-refractivity contribution is 6.31. The van der Waals surface area contributed by atoms with Crippen LogP contribution in [0.1, 0.15) is 38.3 Å². The molecule has 1 aromatic carbocycles. The maximum atomic E-state index is 6.30. The average molecular weight is 270 g/mol. The third-order valence-electron chi connectivity index (χ3n) is 3.61. The van der Waals surface area contributed by atoms with Crippen LogP contribution in [-0.4, -0.2) is 18.2 Å². The Hall–Kier alpha value is -0.570. The fourth-order valence-corrected chi connectivity index (χ4v) is 2.38. The molecule has 18 heavy (non-hydrogen) atoms. The van der Waals surface area contributed by atoms with Gasteiger partial charge in [-0.25, -0.2) is 0 Å². The van der Waals surface area contributed by atoms with Crippen molar-refractivity contribution in [3.63, 3.8) is 0 Å². The Morgan fingerprint density at radius 1 is 1.39 bits per heavy atom. The normalized spacial score (nSPS) is 16.3. The van der Waals surface area contributed by atoms with Crippen LogP contribution in [0.15, 0.2) is 18.2 Å². The molecular formula is C15H24ClNO. The van der Waals surface area contributed by atoms with E-state index in [4.69, 9.17) is 22.1 Å². The molecule has 3 heteroatoms. The van der Waals surface area contributed by atoms with Crippen LogP contribution in [-0.2, 0) is 11.2 Å². The minimum absolute atomic E-state index is 0.0531. The maximum absolute atomic E-state index is 6.30. The molecule has 0 aliphatic rings. The summed E-state index contributed by atoms with van der Waals surface area (Å²) in [6.07, 6.45) is 1.63. The third-order valence-corrected chi connectivity index (χ3v) is 3.96. The quantitative estimate of drug-likeness (QED) is 0.854. The molecule has 0 saturated heterocycles. The molecule has 2 atom stereocenters. The topological polar surface area (TPSA) is 35.2 Å². The zero-order valence-electron chi connectivity index (χ0n) is 11.8. The first kappa shape index (κ1) is 15.5. The van der Waals surface area contributed by atoms with Gasteiger partial charge in [-0.3, -0.25) is 0 Å². The highest BCUT2D eigenvalue weighted by Crippen LogP contribution is 2.25. The smallest absolute Gasteiger partial charge is 0.0805 e. The molecule has 102 valence electrons. The molecule has 0 aromatic heterocycles. The average Bonchev–Trinajstić information content (AvgIpc) is 2.32. The lowest BCUT2D eigenvalue weighted by Gasteiger charge is -2.34. The van der Waals surface area contributed by atoms with Gasteiger partial charge in [0, 0.05) is 17.7 Å². The van der Waals surface area contributed by atoms with Gasteiger partial charge in [-0.2, -0.15) is 0 Å². The molecule has 0 aliphatic heterocycles. The van der Waals surface area contributed by atoms with E-state index in [0.717, 1.165) is 23.4 Å². The van der Waals surface area contributed by atoms with Crippen molar-refractivity contribution in [1.82, 2.24) is 0 Å². The molecule has 2 nitrogen and oxygen atoms in total. The standard InChI is InChI=1S/C15H24ClNO/c1-5-15(4,18-6-2)14(17)10-12-8-7-11(3)9-13(12)16/h7-9,14H,5-6,10,17H2,1-4H3. The van der Waals surface area contributed by atoms with Crippen molar-refractivity contribution in [3.8, 4) is 0 Å². The van der Waals surface area contributed by atoms with Gasteiger partial charge >= 0.3 is 0 Å². The van der Waals surface area contributed by atoms with E-state index in [9.17, 15) is 0 Å². The number of rotatable bonds is 6. The lowest BCUT2D eigenvalue weighted by Crippen LogP contribution is -2.48. The van der Waals surface area contributed by atoms with Crippen LogP contribution >= 0.6 is 11.6 Å². The summed E-state index contributed by atoms with van der Waals surface area (Å²) >= 11 is 6.25. The van der Waals surface area contributed by atoms with Crippen LogP contribution in [0.3, 0.4) is 0 Å². The summed E-state index contributed by atoms with van der Waals surface area (Å²) in [5, 5.41) is 0.792. The Balaban J connectivity index is 2.82. The fourth-order valence-electron chi connectivity index (χ4n) is 2.07. The van der Waals surface area contributed by atoms with Gasteiger partial charge in [0.15, 0.2) is 0 Å². The Labute approximate surface area is 115 Å². The van der Waals surface area contributed by atoms with Gasteiger partial charge in [0.1, 0.15) is 0 Å². The zero-order valence-corrected chi connectivity index (χ0v) is 12.6. The maximum Gasteiger partial charge on any atom is 0.0805 e. The SMILES string of the molecule is CCOC(C)(CC)C(N)Cc1ccc(C)cc1Cl. The van der Waals surface area contributed by atoms with Gasteiger partial charge in [0.05, 0.1) is 5.60 Å². The number of nitrogens with two attached hydrogens (primary N) is 1. The van der Waals surface area contributed by atoms with Gasteiger partial charge in [0.25, 0.3) is 0 Å². The molecule has 0 amide bonds. The van der Waals surface area contributed by atoms with Gasteiger partial charge in [-0.05, 0) is 50.8 Å². The first-order valence-corrected chi connectivity index (χ1v) is 6.95. The Kier molecular flexibility index (Phi) is 5.64. The molecule has 0 bridgehead atoms. The van der Waals surface area contributed by atoms with Crippen LogP contribution in [0.2, 0.25) is 5.02 Å². The van der Waals surface area contributed by atoms with Crippen LogP contribution < -0.4 is 5.73 Å². The van der Waals surface area contributed by atoms with E-state index in [-0.39, 0.29) is 11.6 Å². The van der Waals surface area contributed by atoms with Crippen molar-refractivity contribution in [2.75, 3.05) is 6.61 Å². The predicted molar refractivity (Wildman–Crippen MR) is 78.2 cm³/mol. The molecule has 0 fully saturated rings. The summed E-state index contributed by atoms with van der Waals surface area (Å²) in [7, 11) is 0. The number of hydrogen-bond acceptors (Lipinski definition) is 2. The van der Waals surface area contributed by atoms with Gasteiger partial charge in [-0.15, -0.1) is 0 Å². The fraction of sp³-hybridized carbons (Fsp3) is 0.600. The van der Waals surface area contributed by atoms with E-state index in [1.807, 2.05) is 19.9 Å². The second-order valence-electron chi connectivity index (χ2n) is 5.00. The van der Waals surface area contributed by atoms with Crippen molar-refractivity contribution in [3.05, 3.63) is 34.3 Å². The molecule has 2 unspecified atom stereocenters. The largest absolute Gasteiger partial charge is 0.374 e. The number of aryl methyl sites for hydroxylation is 1. The van der Waals surface area contributed by atoms with Crippen LogP contribution in [0, 0.1) is 6.92 Å². The summed E-state index contributed by atoms with van der Waals surface area (Å²) in [6.45, 7) is 8.89. The molecule has 0 saturated carbocycles.